The van der Waals surface area contributed by atoms with Crippen LogP contribution in [0.1, 0.15) is 79.6 Å². The first-order chi connectivity index (χ1) is 17.5. The molecule has 202 valence electrons. The number of oxime groups is 2. The third kappa shape index (κ3) is 3.67. The fourth-order valence-corrected chi connectivity index (χ4v) is 8.87. The number of hydrogen-bond acceptors (Lipinski definition) is 9. The van der Waals surface area contributed by atoms with Crippen molar-refractivity contribution in [3.8, 4) is 0 Å². The predicted octanol–water partition coefficient (Wildman–Crippen LogP) is 4.34. The number of allylic oxidation sites excluding steroid dienone is 1. The van der Waals surface area contributed by atoms with Crippen molar-refractivity contribution in [1.82, 2.24) is 0 Å². The van der Waals surface area contributed by atoms with Gasteiger partial charge in [-0.15, -0.1) is 0 Å². The molecule has 0 amide bonds. The Kier molecular flexibility index (Phi) is 6.27. The molecule has 0 unspecified atom stereocenters. The molecule has 5 rings (SSSR count). The summed E-state index contributed by atoms with van der Waals surface area (Å²) in [4.78, 5) is 47.1. The molecule has 0 aromatic rings. The number of nitrogens with zero attached hydrogens (tertiary/aromatic N) is 2. The first kappa shape index (κ1) is 25.9. The number of ether oxygens (including phenoxy) is 2. The second-order valence-corrected chi connectivity index (χ2v) is 12.0. The van der Waals surface area contributed by atoms with Gasteiger partial charge in [-0.05, 0) is 68.6 Å². The van der Waals surface area contributed by atoms with Crippen molar-refractivity contribution >= 4 is 29.3 Å². The Balaban J connectivity index is 1.51. The minimum absolute atomic E-state index is 0.0382. The van der Waals surface area contributed by atoms with Crippen molar-refractivity contribution in [2.45, 2.75) is 91.3 Å². The largest absolute Gasteiger partial charge is 0.464 e. The molecule has 5 aliphatic rings. The van der Waals surface area contributed by atoms with E-state index in [0.29, 0.717) is 17.5 Å². The van der Waals surface area contributed by atoms with Crippen molar-refractivity contribution in [1.29, 1.82) is 0 Å². The fourth-order valence-electron chi connectivity index (χ4n) is 8.87. The van der Waals surface area contributed by atoms with Gasteiger partial charge < -0.3 is 19.1 Å². The highest BCUT2D eigenvalue weighted by Crippen LogP contribution is 2.70. The second-order valence-electron chi connectivity index (χ2n) is 12.0. The normalized spacial score (nSPS) is 42.1. The molecule has 0 N–H and O–H groups in total. The van der Waals surface area contributed by atoms with E-state index in [2.05, 4.69) is 30.2 Å². The van der Waals surface area contributed by atoms with Gasteiger partial charge in [-0.25, -0.2) is 9.59 Å². The van der Waals surface area contributed by atoms with Crippen molar-refractivity contribution < 1.29 is 33.5 Å². The monoisotopic (exact) mass is 514 g/mol. The highest BCUT2D eigenvalue weighted by atomic mass is 16.7. The minimum Gasteiger partial charge on any atom is -0.464 e. The van der Waals surface area contributed by atoms with Crippen LogP contribution in [0.15, 0.2) is 22.0 Å². The second kappa shape index (κ2) is 8.95. The molecule has 0 radical (unpaired) electrons. The van der Waals surface area contributed by atoms with Crippen LogP contribution < -0.4 is 0 Å². The van der Waals surface area contributed by atoms with Crippen LogP contribution in [-0.2, 0) is 33.5 Å². The molecule has 8 atom stereocenters. The first-order valence-electron chi connectivity index (χ1n) is 13.4. The maximum atomic E-state index is 12.7. The summed E-state index contributed by atoms with van der Waals surface area (Å²) in [6, 6.07) is 0. The van der Waals surface area contributed by atoms with Crippen molar-refractivity contribution in [2.75, 3.05) is 7.11 Å². The van der Waals surface area contributed by atoms with Crippen LogP contribution in [-0.4, -0.2) is 48.1 Å². The van der Waals surface area contributed by atoms with Crippen LogP contribution in [0.3, 0.4) is 0 Å². The quantitative estimate of drug-likeness (QED) is 0.180. The van der Waals surface area contributed by atoms with Gasteiger partial charge in [0.05, 0.1) is 13.0 Å². The molecule has 0 aromatic heterocycles. The number of rotatable bonds is 4. The Morgan fingerprint density at radius 2 is 1.84 bits per heavy atom. The zero-order valence-electron chi connectivity index (χ0n) is 22.7. The summed E-state index contributed by atoms with van der Waals surface area (Å²) in [5.41, 5.74) is 0.962. The van der Waals surface area contributed by atoms with Gasteiger partial charge in [-0.2, -0.15) is 0 Å². The molecule has 0 saturated heterocycles. The Morgan fingerprint density at radius 3 is 2.51 bits per heavy atom. The van der Waals surface area contributed by atoms with Gasteiger partial charge in [0.2, 0.25) is 0 Å². The zero-order valence-corrected chi connectivity index (χ0v) is 22.7. The molecule has 9 nitrogen and oxygen atoms in total. The third-order valence-electron chi connectivity index (χ3n) is 10.5. The number of hydrogen-bond donors (Lipinski definition) is 0. The van der Waals surface area contributed by atoms with Gasteiger partial charge in [0, 0.05) is 25.7 Å². The van der Waals surface area contributed by atoms with E-state index in [1.165, 1.54) is 26.5 Å². The van der Waals surface area contributed by atoms with Crippen LogP contribution in [0.2, 0.25) is 0 Å². The molecule has 3 saturated carbocycles. The van der Waals surface area contributed by atoms with Crippen LogP contribution in [0.25, 0.3) is 0 Å². The smallest absolute Gasteiger partial charge is 0.356 e. The van der Waals surface area contributed by atoms with Crippen LogP contribution in [0.5, 0.6) is 0 Å². The molecular formula is C28H38N2O7. The molecule has 9 heteroatoms. The third-order valence-corrected chi connectivity index (χ3v) is 10.5. The SMILES string of the molecule is COC(=O)C1=NO[C@@]2(C(C)=NOC(C)=O)[C@H]1C[C@@H]1[C@H]3CC=C4C[C@@H](OC(C)=O)CC[C@]4(C)[C@@H]3CC[C@@]12C. The van der Waals surface area contributed by atoms with Crippen LogP contribution in [0, 0.1) is 34.5 Å². The van der Waals surface area contributed by atoms with Gasteiger partial charge >= 0.3 is 17.9 Å². The Hall–Kier alpha value is -2.71. The molecule has 4 aliphatic carbocycles. The maximum absolute atomic E-state index is 12.7. The van der Waals surface area contributed by atoms with E-state index in [1.54, 1.807) is 0 Å². The highest BCUT2D eigenvalue weighted by molar-refractivity contribution is 6.38. The molecule has 3 fully saturated rings. The lowest BCUT2D eigenvalue weighted by atomic mass is 9.46. The first-order valence-corrected chi connectivity index (χ1v) is 13.4. The van der Waals surface area contributed by atoms with Gasteiger partial charge in [0.15, 0.2) is 11.3 Å². The summed E-state index contributed by atoms with van der Waals surface area (Å²) in [7, 11) is 1.35. The lowest BCUT2D eigenvalue weighted by Crippen LogP contribution is -2.59. The van der Waals surface area contributed by atoms with Gasteiger partial charge in [0.1, 0.15) is 11.8 Å². The molecule has 1 heterocycles. The maximum Gasteiger partial charge on any atom is 0.356 e. The summed E-state index contributed by atoms with van der Waals surface area (Å²) in [6.07, 6.45) is 8.59. The lowest BCUT2D eigenvalue weighted by Gasteiger charge is -2.58. The van der Waals surface area contributed by atoms with Crippen molar-refractivity contribution in [3.63, 3.8) is 0 Å². The molecule has 0 bridgehead atoms. The average molecular weight is 515 g/mol. The fraction of sp³-hybridized carbons (Fsp3) is 0.750. The Bertz CT molecular complexity index is 1110. The number of methoxy groups -OCH3 is 1. The standard InChI is InChI=1S/C28H38N2O7/c1-15(29-36-17(3)32)28-23(24(30-37-28)25(33)34-6)14-22-20-8-7-18-13-19(35-16(2)31)9-11-26(18,4)21(20)10-12-27(22,28)5/h7,19-23H,8-14H2,1-6H3/t19-,20-,21+,22+,23-,26-,27-,28-/m0/s1. The molecule has 1 aliphatic heterocycles. The van der Waals surface area contributed by atoms with E-state index in [1.807, 2.05) is 6.92 Å². The predicted molar refractivity (Wildman–Crippen MR) is 134 cm³/mol. The van der Waals surface area contributed by atoms with Crippen LogP contribution >= 0.6 is 0 Å². The summed E-state index contributed by atoms with van der Waals surface area (Å²) >= 11 is 0. The van der Waals surface area contributed by atoms with Crippen LogP contribution in [0.4, 0.5) is 0 Å². The number of esters is 2. The van der Waals surface area contributed by atoms with E-state index in [0.717, 1.165) is 44.9 Å². The summed E-state index contributed by atoms with van der Waals surface area (Å²) in [6.45, 7) is 9.22. The molecular weight excluding hydrogens is 476 g/mol. The van der Waals surface area contributed by atoms with E-state index in [9.17, 15) is 14.4 Å². The van der Waals surface area contributed by atoms with Gasteiger partial charge in [0.25, 0.3) is 0 Å². The van der Waals surface area contributed by atoms with E-state index < -0.39 is 17.5 Å². The van der Waals surface area contributed by atoms with E-state index >= 15 is 0 Å². The average Bonchev–Trinajstić information content (AvgIpc) is 3.35. The van der Waals surface area contributed by atoms with E-state index in [-0.39, 0.29) is 40.5 Å². The number of carbonyl (C=O) groups is 3. The lowest BCUT2D eigenvalue weighted by molar-refractivity contribution is -0.149. The number of carbonyl (C=O) groups excluding carboxylic acids is 3. The molecule has 37 heavy (non-hydrogen) atoms. The van der Waals surface area contributed by atoms with Crippen molar-refractivity contribution in [3.05, 3.63) is 11.6 Å². The van der Waals surface area contributed by atoms with E-state index in [4.69, 9.17) is 19.1 Å². The van der Waals surface area contributed by atoms with Gasteiger partial charge in [-0.1, -0.05) is 35.8 Å². The summed E-state index contributed by atoms with van der Waals surface area (Å²) in [5.74, 6) is -0.389. The highest BCUT2D eigenvalue weighted by Gasteiger charge is 2.74. The Morgan fingerprint density at radius 1 is 1.08 bits per heavy atom. The molecule has 0 spiro atoms. The number of fused-ring (bicyclic) bond motifs is 7. The van der Waals surface area contributed by atoms with Gasteiger partial charge in [-0.3, -0.25) is 4.79 Å². The minimum atomic E-state index is -0.973. The Labute approximate surface area is 218 Å². The van der Waals surface area contributed by atoms with Crippen molar-refractivity contribution in [2.24, 2.45) is 44.8 Å². The topological polar surface area (TPSA) is 113 Å². The summed E-state index contributed by atoms with van der Waals surface area (Å²) < 4.78 is 10.6. The zero-order chi connectivity index (χ0) is 26.8. The molecule has 0 aromatic carbocycles. The summed E-state index contributed by atoms with van der Waals surface area (Å²) in [5, 5.41) is 8.40.